The molecule has 0 heterocycles. The molecule has 1 saturated carbocycles. The predicted octanol–water partition coefficient (Wildman–Crippen LogP) is 3.81. The zero-order valence-electron chi connectivity index (χ0n) is 8.32. The zero-order valence-corrected chi connectivity index (χ0v) is 10.5. The van der Waals surface area contributed by atoms with Crippen molar-refractivity contribution in [2.24, 2.45) is 0 Å². The highest BCUT2D eigenvalue weighted by Gasteiger charge is 2.24. The van der Waals surface area contributed by atoms with Crippen molar-refractivity contribution in [1.29, 1.82) is 0 Å². The van der Waals surface area contributed by atoms with Crippen molar-refractivity contribution in [1.82, 2.24) is 0 Å². The van der Waals surface area contributed by atoms with E-state index in [1.807, 2.05) is 22.6 Å². The Labute approximate surface area is 101 Å². The lowest BCUT2D eigenvalue weighted by atomic mass is 9.96. The van der Waals surface area contributed by atoms with Gasteiger partial charge in [0.15, 0.2) is 17.4 Å². The van der Waals surface area contributed by atoms with Crippen LogP contribution in [0, 0.1) is 22.1 Å². The fraction of sp³-hybridized carbons (Fsp3) is 0.455. The molecule has 4 heteroatoms. The molecule has 1 aliphatic rings. The summed E-state index contributed by atoms with van der Waals surface area (Å²) in [6.45, 7) is 1.62. The molecule has 0 atom stereocenters. The maximum absolute atomic E-state index is 13.6. The highest BCUT2D eigenvalue weighted by atomic mass is 127. The van der Waals surface area contributed by atoms with Gasteiger partial charge in [-0.3, -0.25) is 0 Å². The molecular weight excluding hydrogens is 313 g/mol. The Morgan fingerprint density at radius 2 is 2.00 bits per heavy atom. The Morgan fingerprint density at radius 3 is 2.53 bits per heavy atom. The van der Waals surface area contributed by atoms with Gasteiger partial charge in [-0.05, 0) is 60.4 Å². The molecule has 0 unspecified atom stereocenters. The molecular formula is C11H11F2IO. The second-order valence-corrected chi connectivity index (χ2v) is 4.97. The van der Waals surface area contributed by atoms with Crippen LogP contribution in [0.2, 0.25) is 0 Å². The van der Waals surface area contributed by atoms with Crippen molar-refractivity contribution in [3.05, 3.63) is 26.8 Å². The lowest BCUT2D eigenvalue weighted by Crippen LogP contribution is -2.25. The van der Waals surface area contributed by atoms with Gasteiger partial charge in [0.05, 0.1) is 9.67 Å². The lowest BCUT2D eigenvalue weighted by Gasteiger charge is -2.27. The van der Waals surface area contributed by atoms with Crippen molar-refractivity contribution in [2.75, 3.05) is 0 Å². The van der Waals surface area contributed by atoms with Crippen LogP contribution in [0.15, 0.2) is 6.07 Å². The van der Waals surface area contributed by atoms with Crippen LogP contribution >= 0.6 is 22.6 Å². The first-order valence-corrected chi connectivity index (χ1v) is 5.98. The molecule has 0 amide bonds. The topological polar surface area (TPSA) is 9.23 Å². The van der Waals surface area contributed by atoms with E-state index < -0.39 is 11.6 Å². The molecule has 0 aromatic heterocycles. The maximum atomic E-state index is 13.6. The van der Waals surface area contributed by atoms with E-state index in [-0.39, 0.29) is 11.9 Å². The Kier molecular flexibility index (Phi) is 3.13. The van der Waals surface area contributed by atoms with Crippen LogP contribution in [0.3, 0.4) is 0 Å². The standard InChI is InChI=1S/C11H11F2IO/c1-6-5-8(14)10(13)11(9(6)12)15-7-3-2-4-7/h5,7H,2-4H2,1H3. The molecule has 0 bridgehead atoms. The van der Waals surface area contributed by atoms with Gasteiger partial charge in [-0.15, -0.1) is 0 Å². The second-order valence-electron chi connectivity index (χ2n) is 3.80. The predicted molar refractivity (Wildman–Crippen MR) is 62.1 cm³/mol. The number of aryl methyl sites for hydroxylation is 1. The van der Waals surface area contributed by atoms with E-state index >= 15 is 0 Å². The van der Waals surface area contributed by atoms with Crippen molar-refractivity contribution >= 4 is 22.6 Å². The van der Waals surface area contributed by atoms with Gasteiger partial charge in [-0.2, -0.15) is 0 Å². The number of halogens is 3. The Hall–Kier alpha value is -0.390. The van der Waals surface area contributed by atoms with Gasteiger partial charge in [-0.25, -0.2) is 8.78 Å². The minimum Gasteiger partial charge on any atom is -0.484 e. The molecule has 1 aromatic carbocycles. The highest BCUT2D eigenvalue weighted by molar-refractivity contribution is 14.1. The molecule has 82 valence electrons. The zero-order chi connectivity index (χ0) is 11.0. The molecule has 0 aliphatic heterocycles. The largest absolute Gasteiger partial charge is 0.484 e. The third-order valence-electron chi connectivity index (χ3n) is 2.63. The average Bonchev–Trinajstić information content (AvgIpc) is 2.12. The van der Waals surface area contributed by atoms with Crippen LogP contribution < -0.4 is 4.74 Å². The van der Waals surface area contributed by atoms with Crippen LogP contribution in [0.1, 0.15) is 24.8 Å². The molecule has 0 radical (unpaired) electrons. The molecule has 15 heavy (non-hydrogen) atoms. The first-order chi connectivity index (χ1) is 7.09. The van der Waals surface area contributed by atoms with Gasteiger partial charge in [0, 0.05) is 0 Å². The van der Waals surface area contributed by atoms with Crippen LogP contribution in [0.5, 0.6) is 5.75 Å². The number of rotatable bonds is 2. The molecule has 0 N–H and O–H groups in total. The van der Waals surface area contributed by atoms with E-state index in [0.717, 1.165) is 19.3 Å². The molecule has 1 aromatic rings. The van der Waals surface area contributed by atoms with Gasteiger partial charge in [0.1, 0.15) is 0 Å². The monoisotopic (exact) mass is 324 g/mol. The summed E-state index contributed by atoms with van der Waals surface area (Å²) < 4.78 is 32.9. The second kappa shape index (κ2) is 4.23. The summed E-state index contributed by atoms with van der Waals surface area (Å²) in [4.78, 5) is 0. The summed E-state index contributed by atoms with van der Waals surface area (Å²) >= 11 is 1.85. The third-order valence-corrected chi connectivity index (χ3v) is 3.42. The number of benzene rings is 1. The van der Waals surface area contributed by atoms with Crippen LogP contribution in [0.25, 0.3) is 0 Å². The quantitative estimate of drug-likeness (QED) is 0.594. The Bertz CT molecular complexity index is 362. The molecule has 0 spiro atoms. The number of hydrogen-bond acceptors (Lipinski definition) is 1. The Balaban J connectivity index is 2.34. The summed E-state index contributed by atoms with van der Waals surface area (Å²) in [6.07, 6.45) is 2.86. The van der Waals surface area contributed by atoms with Crippen molar-refractivity contribution in [3.63, 3.8) is 0 Å². The van der Waals surface area contributed by atoms with Crippen molar-refractivity contribution in [2.45, 2.75) is 32.3 Å². The summed E-state index contributed by atoms with van der Waals surface area (Å²) in [5.74, 6) is -1.35. The summed E-state index contributed by atoms with van der Waals surface area (Å²) in [5, 5.41) is 0. The van der Waals surface area contributed by atoms with Crippen molar-refractivity contribution < 1.29 is 13.5 Å². The summed E-state index contributed by atoms with van der Waals surface area (Å²) in [7, 11) is 0. The summed E-state index contributed by atoms with van der Waals surface area (Å²) in [6, 6.07) is 1.48. The van der Waals surface area contributed by atoms with Gasteiger partial charge in [-0.1, -0.05) is 0 Å². The van der Waals surface area contributed by atoms with Gasteiger partial charge >= 0.3 is 0 Å². The first kappa shape index (κ1) is 11.1. The van der Waals surface area contributed by atoms with Crippen LogP contribution in [-0.2, 0) is 0 Å². The summed E-state index contributed by atoms with van der Waals surface area (Å²) in [5.41, 5.74) is 0.426. The molecule has 2 rings (SSSR count). The van der Waals surface area contributed by atoms with E-state index in [1.165, 1.54) is 6.07 Å². The molecule has 1 nitrogen and oxygen atoms in total. The smallest absolute Gasteiger partial charge is 0.192 e. The Morgan fingerprint density at radius 1 is 1.33 bits per heavy atom. The number of ether oxygens (including phenoxy) is 1. The SMILES string of the molecule is Cc1cc(I)c(F)c(OC2CCC2)c1F. The van der Waals surface area contributed by atoms with E-state index in [0.29, 0.717) is 9.13 Å². The fourth-order valence-corrected chi connectivity index (χ4v) is 2.17. The molecule has 0 saturated heterocycles. The first-order valence-electron chi connectivity index (χ1n) is 4.90. The highest BCUT2D eigenvalue weighted by Crippen LogP contribution is 2.32. The van der Waals surface area contributed by atoms with Crippen molar-refractivity contribution in [3.8, 4) is 5.75 Å². The van der Waals surface area contributed by atoms with Crippen LogP contribution in [-0.4, -0.2) is 6.10 Å². The average molecular weight is 324 g/mol. The van der Waals surface area contributed by atoms with E-state index in [9.17, 15) is 8.78 Å². The molecule has 1 aliphatic carbocycles. The lowest BCUT2D eigenvalue weighted by molar-refractivity contribution is 0.109. The number of hydrogen-bond donors (Lipinski definition) is 0. The fourth-order valence-electron chi connectivity index (χ4n) is 1.46. The van der Waals surface area contributed by atoms with Gasteiger partial charge in [0.25, 0.3) is 0 Å². The van der Waals surface area contributed by atoms with Crippen LogP contribution in [0.4, 0.5) is 8.78 Å². The minimum absolute atomic E-state index is 0.00778. The van der Waals surface area contributed by atoms with E-state index in [1.54, 1.807) is 6.92 Å². The maximum Gasteiger partial charge on any atom is 0.192 e. The van der Waals surface area contributed by atoms with Gasteiger partial charge in [0.2, 0.25) is 0 Å². The third kappa shape index (κ3) is 2.09. The van der Waals surface area contributed by atoms with E-state index in [4.69, 9.17) is 4.74 Å². The van der Waals surface area contributed by atoms with Gasteiger partial charge < -0.3 is 4.74 Å². The normalized spacial score (nSPS) is 16.3. The van der Waals surface area contributed by atoms with E-state index in [2.05, 4.69) is 0 Å². The minimum atomic E-state index is -0.578. The molecule has 1 fully saturated rings.